The van der Waals surface area contributed by atoms with Crippen molar-refractivity contribution < 1.29 is 14.3 Å². The first-order valence-electron chi connectivity index (χ1n) is 8.70. The van der Waals surface area contributed by atoms with Crippen LogP contribution in [0.25, 0.3) is 0 Å². The summed E-state index contributed by atoms with van der Waals surface area (Å²) < 4.78 is 4.91. The number of benzene rings is 1. The van der Waals surface area contributed by atoms with Crippen LogP contribution in [0.5, 0.6) is 0 Å². The molecule has 2 rings (SSSR count). The summed E-state index contributed by atoms with van der Waals surface area (Å²) in [5, 5.41) is 9.15. The fourth-order valence-corrected chi connectivity index (χ4v) is 3.07. The number of nitrogens with one attached hydrogen (secondary N) is 3. The smallest absolute Gasteiger partial charge is 0.253 e. The number of hydrogen-bond donors (Lipinski definition) is 3. The molecule has 0 heterocycles. The van der Waals surface area contributed by atoms with Gasteiger partial charge in [0.05, 0.1) is 23.7 Å². The highest BCUT2D eigenvalue weighted by Crippen LogP contribution is 2.22. The topological polar surface area (TPSA) is 79.5 Å². The number of carbonyl (C=O) groups excluding carboxylic acids is 2. The van der Waals surface area contributed by atoms with E-state index in [9.17, 15) is 9.59 Å². The van der Waals surface area contributed by atoms with Crippen molar-refractivity contribution in [3.05, 3.63) is 28.8 Å². The Kier molecular flexibility index (Phi) is 10.6. The molecule has 1 aromatic rings. The molecule has 0 aliphatic heterocycles. The fourth-order valence-electron chi connectivity index (χ4n) is 2.87. The molecule has 1 fully saturated rings. The maximum Gasteiger partial charge on any atom is 0.253 e. The Hall–Kier alpha value is -1.34. The Morgan fingerprint density at radius 2 is 1.96 bits per heavy atom. The largest absolute Gasteiger partial charge is 0.383 e. The van der Waals surface area contributed by atoms with E-state index >= 15 is 0 Å². The van der Waals surface area contributed by atoms with Gasteiger partial charge in [0.15, 0.2) is 0 Å². The molecular weight excluding hydrogens is 377 g/mol. The van der Waals surface area contributed by atoms with Crippen LogP contribution in [0.3, 0.4) is 0 Å². The Balaban J connectivity index is 0.00000338. The van der Waals surface area contributed by atoms with Gasteiger partial charge in [0.25, 0.3) is 5.91 Å². The summed E-state index contributed by atoms with van der Waals surface area (Å²) in [5.41, 5.74) is 0.939. The zero-order valence-electron chi connectivity index (χ0n) is 15.0. The van der Waals surface area contributed by atoms with Gasteiger partial charge in [0, 0.05) is 25.4 Å². The molecule has 1 saturated carbocycles. The Bertz CT molecular complexity index is 593. The molecule has 1 aliphatic rings. The predicted octanol–water partition coefficient (Wildman–Crippen LogP) is 3.00. The first-order valence-corrected chi connectivity index (χ1v) is 9.08. The van der Waals surface area contributed by atoms with E-state index in [-0.39, 0.29) is 36.8 Å². The number of carbonyl (C=O) groups is 2. The third-order valence-electron chi connectivity index (χ3n) is 4.20. The predicted molar refractivity (Wildman–Crippen MR) is 106 cm³/mol. The van der Waals surface area contributed by atoms with Crippen LogP contribution in [0.15, 0.2) is 18.2 Å². The van der Waals surface area contributed by atoms with Gasteiger partial charge in [0.1, 0.15) is 0 Å². The molecular formula is C18H27Cl2N3O3. The molecule has 146 valence electrons. The zero-order valence-corrected chi connectivity index (χ0v) is 16.5. The molecule has 1 aromatic carbocycles. The molecule has 0 atom stereocenters. The third-order valence-corrected chi connectivity index (χ3v) is 4.53. The van der Waals surface area contributed by atoms with Crippen LogP contribution >= 0.6 is 24.0 Å². The maximum atomic E-state index is 12.5. The van der Waals surface area contributed by atoms with E-state index in [1.807, 2.05) is 0 Å². The molecule has 0 spiro atoms. The number of amides is 2. The van der Waals surface area contributed by atoms with Gasteiger partial charge >= 0.3 is 0 Å². The summed E-state index contributed by atoms with van der Waals surface area (Å²) in [4.78, 5) is 24.4. The molecule has 0 unspecified atom stereocenters. The van der Waals surface area contributed by atoms with Crippen LogP contribution in [0.1, 0.15) is 42.5 Å². The minimum atomic E-state index is -0.189. The molecule has 0 aromatic heterocycles. The Morgan fingerprint density at radius 3 is 2.65 bits per heavy atom. The van der Waals surface area contributed by atoms with E-state index < -0.39 is 0 Å². The van der Waals surface area contributed by atoms with E-state index in [0.29, 0.717) is 29.4 Å². The van der Waals surface area contributed by atoms with Crippen molar-refractivity contribution in [2.24, 2.45) is 0 Å². The fraction of sp³-hybridized carbons (Fsp3) is 0.556. The van der Waals surface area contributed by atoms with Crippen LogP contribution in [0.2, 0.25) is 5.02 Å². The van der Waals surface area contributed by atoms with Gasteiger partial charge in [-0.1, -0.05) is 30.9 Å². The summed E-state index contributed by atoms with van der Waals surface area (Å²) in [5.74, 6) is -0.372. The Morgan fingerprint density at radius 1 is 1.23 bits per heavy atom. The average Bonchev–Trinajstić information content (AvgIpc) is 2.61. The molecule has 3 N–H and O–H groups in total. The van der Waals surface area contributed by atoms with Crippen LogP contribution < -0.4 is 16.0 Å². The number of anilines is 1. The summed E-state index contributed by atoms with van der Waals surface area (Å²) in [6.07, 6.45) is 5.53. The van der Waals surface area contributed by atoms with Crippen LogP contribution in [-0.4, -0.2) is 44.7 Å². The molecule has 26 heavy (non-hydrogen) atoms. The minimum Gasteiger partial charge on any atom is -0.383 e. The number of ether oxygens (including phenoxy) is 1. The second-order valence-electron chi connectivity index (χ2n) is 6.22. The van der Waals surface area contributed by atoms with Gasteiger partial charge in [-0.2, -0.15) is 0 Å². The summed E-state index contributed by atoms with van der Waals surface area (Å²) in [6.45, 7) is 1.31. The van der Waals surface area contributed by atoms with Crippen molar-refractivity contribution in [3.63, 3.8) is 0 Å². The monoisotopic (exact) mass is 403 g/mol. The van der Waals surface area contributed by atoms with Gasteiger partial charge < -0.3 is 20.7 Å². The van der Waals surface area contributed by atoms with Gasteiger partial charge in [-0.15, -0.1) is 12.4 Å². The highest BCUT2D eigenvalue weighted by atomic mass is 35.5. The highest BCUT2D eigenvalue weighted by Gasteiger charge is 2.18. The van der Waals surface area contributed by atoms with Crippen LogP contribution in [-0.2, 0) is 9.53 Å². The molecule has 1 aliphatic carbocycles. The van der Waals surface area contributed by atoms with E-state index in [4.69, 9.17) is 16.3 Å². The standard InChI is InChI=1S/C18H26ClN3O3.ClH/c1-25-10-9-20-12-17(23)21-14-7-8-16(19)15(11-14)18(24)22-13-5-3-2-4-6-13;/h7-8,11,13,20H,2-6,9-10,12H2,1H3,(H,21,23)(H,22,24);1H. The van der Waals surface area contributed by atoms with Gasteiger partial charge in [0.2, 0.25) is 5.91 Å². The third kappa shape index (κ3) is 7.50. The van der Waals surface area contributed by atoms with Crippen molar-refractivity contribution in [1.29, 1.82) is 0 Å². The molecule has 2 amide bonds. The lowest BCUT2D eigenvalue weighted by atomic mass is 9.95. The van der Waals surface area contributed by atoms with Crippen molar-refractivity contribution in [1.82, 2.24) is 10.6 Å². The average molecular weight is 404 g/mol. The molecule has 0 bridgehead atoms. The number of halogens is 2. The van der Waals surface area contributed by atoms with Crippen molar-refractivity contribution >= 4 is 41.5 Å². The van der Waals surface area contributed by atoms with Gasteiger partial charge in [-0.3, -0.25) is 9.59 Å². The quantitative estimate of drug-likeness (QED) is 0.582. The summed E-state index contributed by atoms with van der Waals surface area (Å²) >= 11 is 6.16. The normalized spacial score (nSPS) is 14.4. The van der Waals surface area contributed by atoms with Crippen molar-refractivity contribution in [3.8, 4) is 0 Å². The Labute approximate surface area is 165 Å². The van der Waals surface area contributed by atoms with E-state index in [0.717, 1.165) is 25.7 Å². The molecule has 6 nitrogen and oxygen atoms in total. The van der Waals surface area contributed by atoms with E-state index in [1.54, 1.807) is 25.3 Å². The molecule has 0 saturated heterocycles. The lowest BCUT2D eigenvalue weighted by Crippen LogP contribution is -2.36. The van der Waals surface area contributed by atoms with E-state index in [2.05, 4.69) is 16.0 Å². The van der Waals surface area contributed by atoms with Crippen LogP contribution in [0.4, 0.5) is 5.69 Å². The lowest BCUT2D eigenvalue weighted by molar-refractivity contribution is -0.115. The lowest BCUT2D eigenvalue weighted by Gasteiger charge is -2.23. The summed E-state index contributed by atoms with van der Waals surface area (Å²) in [6, 6.07) is 5.14. The first-order chi connectivity index (χ1) is 12.1. The zero-order chi connectivity index (χ0) is 18.1. The van der Waals surface area contributed by atoms with Crippen LogP contribution in [0, 0.1) is 0 Å². The van der Waals surface area contributed by atoms with Gasteiger partial charge in [-0.05, 0) is 31.0 Å². The molecule has 8 heteroatoms. The minimum absolute atomic E-state index is 0. The van der Waals surface area contributed by atoms with Gasteiger partial charge in [-0.25, -0.2) is 0 Å². The number of rotatable bonds is 8. The maximum absolute atomic E-state index is 12.5. The van der Waals surface area contributed by atoms with Crippen molar-refractivity contribution in [2.75, 3.05) is 32.1 Å². The van der Waals surface area contributed by atoms with Crippen molar-refractivity contribution in [2.45, 2.75) is 38.1 Å². The second-order valence-corrected chi connectivity index (χ2v) is 6.63. The highest BCUT2D eigenvalue weighted by molar-refractivity contribution is 6.34. The summed E-state index contributed by atoms with van der Waals surface area (Å²) in [7, 11) is 1.61. The van der Waals surface area contributed by atoms with E-state index in [1.165, 1.54) is 6.42 Å². The number of hydrogen-bond acceptors (Lipinski definition) is 4. The molecule has 0 radical (unpaired) electrons. The SMILES string of the molecule is COCCNCC(=O)Nc1ccc(Cl)c(C(=O)NC2CCCCC2)c1.Cl. The first kappa shape index (κ1) is 22.7. The second kappa shape index (κ2) is 12.1. The number of methoxy groups -OCH3 is 1.